The molecule has 1 amide bonds. The van der Waals surface area contributed by atoms with Gasteiger partial charge in [-0.1, -0.05) is 12.1 Å². The van der Waals surface area contributed by atoms with E-state index in [1.54, 1.807) is 6.20 Å². The molecule has 1 N–H and O–H groups in total. The molecule has 4 aromatic rings. The molecule has 198 valence electrons. The fourth-order valence-corrected chi connectivity index (χ4v) is 5.05. The number of likely N-dealkylation sites (tertiary alicyclic amines) is 1. The zero-order valence-corrected chi connectivity index (χ0v) is 21.7. The summed E-state index contributed by atoms with van der Waals surface area (Å²) in [4.78, 5) is 20.6. The summed E-state index contributed by atoms with van der Waals surface area (Å²) in [5, 5.41) is 3.75. The van der Waals surface area contributed by atoms with Crippen LogP contribution in [0.4, 0.5) is 8.78 Å². The normalized spacial score (nSPS) is 13.9. The van der Waals surface area contributed by atoms with Gasteiger partial charge in [-0.3, -0.25) is 14.7 Å². The molecule has 0 spiro atoms. The average Bonchev–Trinajstić information content (AvgIpc) is 3.51. The predicted octanol–water partition coefficient (Wildman–Crippen LogP) is 5.68. The average molecular weight is 519 g/mol. The van der Waals surface area contributed by atoms with Crippen LogP contribution in [0.5, 0.6) is 5.75 Å². The highest BCUT2D eigenvalue weighted by Crippen LogP contribution is 2.32. The van der Waals surface area contributed by atoms with Gasteiger partial charge in [0.2, 0.25) is 0 Å². The van der Waals surface area contributed by atoms with Crippen molar-refractivity contribution in [2.75, 3.05) is 13.1 Å². The molecular weight excluding hydrogens is 486 g/mol. The minimum Gasteiger partial charge on any atom is -0.491 e. The van der Waals surface area contributed by atoms with Crippen molar-refractivity contribution in [2.24, 2.45) is 0 Å². The number of amides is 1. The SMILES string of the molecule is CC(C)Oc1ccc2c(C(=O)NCc3ccc(F)c(F)c3)c(CN3CCCC3)n(Cc3ccccn3)c2c1. The van der Waals surface area contributed by atoms with Gasteiger partial charge in [0.15, 0.2) is 11.6 Å². The molecule has 0 saturated carbocycles. The van der Waals surface area contributed by atoms with Crippen LogP contribution in [-0.4, -0.2) is 39.6 Å². The number of hydrogen-bond donors (Lipinski definition) is 1. The lowest BCUT2D eigenvalue weighted by atomic mass is 10.1. The van der Waals surface area contributed by atoms with E-state index in [9.17, 15) is 13.6 Å². The molecular formula is C30H32F2N4O2. The Hall–Kier alpha value is -3.78. The summed E-state index contributed by atoms with van der Waals surface area (Å²) in [6, 6.07) is 15.3. The van der Waals surface area contributed by atoms with Crippen molar-refractivity contribution in [3.05, 3.63) is 94.9 Å². The molecule has 0 atom stereocenters. The van der Waals surface area contributed by atoms with Gasteiger partial charge in [-0.2, -0.15) is 0 Å². The Morgan fingerprint density at radius 2 is 1.84 bits per heavy atom. The van der Waals surface area contributed by atoms with E-state index in [-0.39, 0.29) is 18.6 Å². The van der Waals surface area contributed by atoms with Crippen LogP contribution in [0.25, 0.3) is 10.9 Å². The summed E-state index contributed by atoms with van der Waals surface area (Å²) in [5.74, 6) is -1.37. The van der Waals surface area contributed by atoms with E-state index in [1.807, 2.05) is 50.2 Å². The Kier molecular flexibility index (Phi) is 7.69. The van der Waals surface area contributed by atoms with Gasteiger partial charge in [0.25, 0.3) is 5.91 Å². The predicted molar refractivity (Wildman–Crippen MR) is 143 cm³/mol. The maximum Gasteiger partial charge on any atom is 0.254 e. The number of pyridine rings is 1. The fourth-order valence-electron chi connectivity index (χ4n) is 5.05. The smallest absolute Gasteiger partial charge is 0.254 e. The van der Waals surface area contributed by atoms with Gasteiger partial charge < -0.3 is 14.6 Å². The number of nitrogens with one attached hydrogen (secondary N) is 1. The van der Waals surface area contributed by atoms with Gasteiger partial charge >= 0.3 is 0 Å². The van der Waals surface area contributed by atoms with Crippen LogP contribution in [0, 0.1) is 11.6 Å². The number of carbonyl (C=O) groups excluding carboxylic acids is 1. The zero-order chi connectivity index (χ0) is 26.6. The molecule has 0 radical (unpaired) electrons. The molecule has 1 saturated heterocycles. The Bertz CT molecular complexity index is 1430. The van der Waals surface area contributed by atoms with Crippen molar-refractivity contribution in [2.45, 2.75) is 52.4 Å². The Morgan fingerprint density at radius 3 is 2.55 bits per heavy atom. The van der Waals surface area contributed by atoms with Gasteiger partial charge in [0.05, 0.1) is 29.4 Å². The number of halogens is 2. The minimum absolute atomic E-state index is 0.00889. The molecule has 1 fully saturated rings. The lowest BCUT2D eigenvalue weighted by Gasteiger charge is -2.19. The highest BCUT2D eigenvalue weighted by Gasteiger charge is 2.26. The number of ether oxygens (including phenoxy) is 1. The van der Waals surface area contributed by atoms with Crippen molar-refractivity contribution in [3.8, 4) is 5.75 Å². The number of carbonyl (C=O) groups is 1. The Labute approximate surface area is 221 Å². The van der Waals surface area contributed by atoms with Crippen LogP contribution in [0.15, 0.2) is 60.8 Å². The summed E-state index contributed by atoms with van der Waals surface area (Å²) in [6.07, 6.45) is 4.04. The van der Waals surface area contributed by atoms with E-state index in [1.165, 1.54) is 6.07 Å². The molecule has 0 aliphatic carbocycles. The number of fused-ring (bicyclic) bond motifs is 1. The van der Waals surface area contributed by atoms with Crippen LogP contribution < -0.4 is 10.1 Å². The van der Waals surface area contributed by atoms with Crippen LogP contribution in [0.2, 0.25) is 0 Å². The number of benzene rings is 2. The number of aromatic nitrogens is 2. The van der Waals surface area contributed by atoms with E-state index >= 15 is 0 Å². The second-order valence-electron chi connectivity index (χ2n) is 9.99. The number of rotatable bonds is 9. The van der Waals surface area contributed by atoms with Crippen molar-refractivity contribution < 1.29 is 18.3 Å². The second kappa shape index (κ2) is 11.3. The van der Waals surface area contributed by atoms with Gasteiger partial charge in [0.1, 0.15) is 5.75 Å². The number of nitrogens with zero attached hydrogens (tertiary/aromatic N) is 3. The van der Waals surface area contributed by atoms with Crippen molar-refractivity contribution >= 4 is 16.8 Å². The van der Waals surface area contributed by atoms with Gasteiger partial charge in [-0.25, -0.2) is 8.78 Å². The van der Waals surface area contributed by atoms with E-state index in [2.05, 4.69) is 19.8 Å². The third-order valence-electron chi connectivity index (χ3n) is 6.80. The van der Waals surface area contributed by atoms with Crippen LogP contribution in [-0.2, 0) is 19.6 Å². The van der Waals surface area contributed by atoms with Gasteiger partial charge in [-0.05, 0) is 81.7 Å². The first-order chi connectivity index (χ1) is 18.4. The molecule has 3 heterocycles. The lowest BCUT2D eigenvalue weighted by Crippen LogP contribution is -2.27. The first-order valence-corrected chi connectivity index (χ1v) is 13.0. The molecule has 8 heteroatoms. The van der Waals surface area contributed by atoms with Crippen LogP contribution in [0.3, 0.4) is 0 Å². The zero-order valence-electron chi connectivity index (χ0n) is 21.7. The van der Waals surface area contributed by atoms with E-state index in [4.69, 9.17) is 4.74 Å². The molecule has 5 rings (SSSR count). The Morgan fingerprint density at radius 1 is 1.03 bits per heavy atom. The second-order valence-corrected chi connectivity index (χ2v) is 9.99. The first kappa shape index (κ1) is 25.9. The molecule has 2 aromatic carbocycles. The standard InChI is InChI=1S/C30H32F2N4O2/c1-20(2)38-23-9-10-24-27(16-23)36(18-22-7-3-4-12-33-22)28(19-35-13-5-6-14-35)29(24)30(37)34-17-21-8-11-25(31)26(32)15-21/h3-4,7-12,15-16,20H,5-6,13-14,17-19H2,1-2H3,(H,34,37). The largest absolute Gasteiger partial charge is 0.491 e. The number of hydrogen-bond acceptors (Lipinski definition) is 4. The van der Waals surface area contributed by atoms with Crippen molar-refractivity contribution in [1.29, 1.82) is 0 Å². The summed E-state index contributed by atoms with van der Waals surface area (Å²) in [5.41, 5.74) is 3.75. The molecule has 1 aliphatic rings. The quantitative estimate of drug-likeness (QED) is 0.310. The third kappa shape index (κ3) is 5.70. The van der Waals surface area contributed by atoms with Crippen molar-refractivity contribution in [1.82, 2.24) is 19.8 Å². The minimum atomic E-state index is -0.934. The summed E-state index contributed by atoms with van der Waals surface area (Å²) >= 11 is 0. The van der Waals surface area contributed by atoms with Crippen LogP contribution >= 0.6 is 0 Å². The first-order valence-electron chi connectivity index (χ1n) is 13.0. The maximum absolute atomic E-state index is 13.8. The van der Waals surface area contributed by atoms with E-state index in [0.717, 1.165) is 66.1 Å². The summed E-state index contributed by atoms with van der Waals surface area (Å²) in [7, 11) is 0. The molecule has 1 aliphatic heterocycles. The molecule has 38 heavy (non-hydrogen) atoms. The van der Waals surface area contributed by atoms with E-state index in [0.29, 0.717) is 24.2 Å². The maximum atomic E-state index is 13.8. The topological polar surface area (TPSA) is 59.4 Å². The monoisotopic (exact) mass is 518 g/mol. The van der Waals surface area contributed by atoms with Gasteiger partial charge in [-0.15, -0.1) is 0 Å². The molecule has 6 nitrogen and oxygen atoms in total. The highest BCUT2D eigenvalue weighted by atomic mass is 19.2. The molecule has 2 aromatic heterocycles. The van der Waals surface area contributed by atoms with Gasteiger partial charge in [0, 0.05) is 36.4 Å². The van der Waals surface area contributed by atoms with Crippen molar-refractivity contribution in [3.63, 3.8) is 0 Å². The van der Waals surface area contributed by atoms with E-state index < -0.39 is 11.6 Å². The Balaban J connectivity index is 1.58. The molecule has 0 unspecified atom stereocenters. The third-order valence-corrected chi connectivity index (χ3v) is 6.80. The molecule has 0 bridgehead atoms. The summed E-state index contributed by atoms with van der Waals surface area (Å²) in [6.45, 7) is 7.12. The highest BCUT2D eigenvalue weighted by molar-refractivity contribution is 6.08. The lowest BCUT2D eigenvalue weighted by molar-refractivity contribution is 0.0950. The van der Waals surface area contributed by atoms with Crippen LogP contribution in [0.1, 0.15) is 54.0 Å². The fraction of sp³-hybridized carbons (Fsp3) is 0.333. The summed E-state index contributed by atoms with van der Waals surface area (Å²) < 4.78 is 35.3.